The minimum absolute atomic E-state index is 0.188. The van der Waals surface area contributed by atoms with Crippen LogP contribution in [-0.2, 0) is 4.74 Å². The topological polar surface area (TPSA) is 72.5 Å². The standard InChI is InChI=1S/C12H17N3O3/c1-17-6-7-18-11-5-4-10(8-13-11)15-12(16)14-9-2-3-9/h4-5,8-9H,2-3,6-7H2,1H3,(H2,14,15,16). The lowest BCUT2D eigenvalue weighted by molar-refractivity contribution is 0.144. The minimum atomic E-state index is -0.188. The van der Waals surface area contributed by atoms with Gasteiger partial charge in [0.05, 0.1) is 18.5 Å². The number of amides is 2. The Labute approximate surface area is 106 Å². The highest BCUT2D eigenvalue weighted by Crippen LogP contribution is 2.19. The van der Waals surface area contributed by atoms with Crippen molar-refractivity contribution in [3.8, 4) is 5.88 Å². The van der Waals surface area contributed by atoms with Crippen LogP contribution in [0.4, 0.5) is 10.5 Å². The van der Waals surface area contributed by atoms with E-state index < -0.39 is 0 Å². The van der Waals surface area contributed by atoms with E-state index >= 15 is 0 Å². The van der Waals surface area contributed by atoms with Crippen molar-refractivity contribution in [1.82, 2.24) is 10.3 Å². The van der Waals surface area contributed by atoms with E-state index in [1.165, 1.54) is 0 Å². The first-order chi connectivity index (χ1) is 8.78. The number of ether oxygens (including phenoxy) is 2. The third kappa shape index (κ3) is 4.21. The molecule has 1 aromatic heterocycles. The summed E-state index contributed by atoms with van der Waals surface area (Å²) in [5.41, 5.74) is 0.646. The molecule has 1 heterocycles. The van der Waals surface area contributed by atoms with E-state index in [1.54, 1.807) is 25.4 Å². The van der Waals surface area contributed by atoms with Crippen LogP contribution in [0.5, 0.6) is 5.88 Å². The molecule has 6 heteroatoms. The lowest BCUT2D eigenvalue weighted by Crippen LogP contribution is -2.30. The second-order valence-corrected chi connectivity index (χ2v) is 4.10. The SMILES string of the molecule is COCCOc1ccc(NC(=O)NC2CC2)cn1. The number of hydrogen-bond donors (Lipinski definition) is 2. The molecule has 98 valence electrons. The molecular formula is C12H17N3O3. The first-order valence-corrected chi connectivity index (χ1v) is 5.93. The molecule has 2 rings (SSSR count). The van der Waals surface area contributed by atoms with Crippen molar-refractivity contribution in [2.75, 3.05) is 25.6 Å². The molecule has 0 radical (unpaired) electrons. The summed E-state index contributed by atoms with van der Waals surface area (Å²) >= 11 is 0. The number of carbonyl (C=O) groups is 1. The van der Waals surface area contributed by atoms with E-state index in [0.29, 0.717) is 30.8 Å². The molecule has 1 aromatic rings. The Morgan fingerprint density at radius 2 is 2.28 bits per heavy atom. The molecule has 1 aliphatic rings. The molecule has 0 spiro atoms. The predicted molar refractivity (Wildman–Crippen MR) is 66.8 cm³/mol. The molecule has 1 aliphatic carbocycles. The van der Waals surface area contributed by atoms with Gasteiger partial charge < -0.3 is 20.1 Å². The molecule has 0 atom stereocenters. The van der Waals surface area contributed by atoms with Crippen LogP contribution in [-0.4, -0.2) is 37.4 Å². The number of methoxy groups -OCH3 is 1. The summed E-state index contributed by atoms with van der Waals surface area (Å²) in [6.07, 6.45) is 3.70. The van der Waals surface area contributed by atoms with Gasteiger partial charge in [-0.3, -0.25) is 0 Å². The first-order valence-electron chi connectivity index (χ1n) is 5.93. The zero-order valence-electron chi connectivity index (χ0n) is 10.3. The molecule has 0 unspecified atom stereocenters. The number of carbonyl (C=O) groups excluding carboxylic acids is 1. The van der Waals surface area contributed by atoms with E-state index in [9.17, 15) is 4.79 Å². The zero-order chi connectivity index (χ0) is 12.8. The Balaban J connectivity index is 1.77. The minimum Gasteiger partial charge on any atom is -0.475 e. The van der Waals surface area contributed by atoms with E-state index in [4.69, 9.17) is 9.47 Å². The molecule has 6 nitrogen and oxygen atoms in total. The van der Waals surface area contributed by atoms with Crippen molar-refractivity contribution in [2.24, 2.45) is 0 Å². The first kappa shape index (κ1) is 12.6. The van der Waals surface area contributed by atoms with Crippen LogP contribution in [0.3, 0.4) is 0 Å². The highest BCUT2D eigenvalue weighted by molar-refractivity contribution is 5.89. The molecule has 0 aliphatic heterocycles. The van der Waals surface area contributed by atoms with E-state index in [0.717, 1.165) is 12.8 Å². The van der Waals surface area contributed by atoms with Crippen molar-refractivity contribution < 1.29 is 14.3 Å². The summed E-state index contributed by atoms with van der Waals surface area (Å²) in [7, 11) is 1.61. The fourth-order valence-electron chi connectivity index (χ4n) is 1.35. The Morgan fingerprint density at radius 3 is 2.89 bits per heavy atom. The van der Waals surface area contributed by atoms with Gasteiger partial charge in [0.15, 0.2) is 0 Å². The largest absolute Gasteiger partial charge is 0.475 e. The van der Waals surface area contributed by atoms with Crippen molar-refractivity contribution in [3.05, 3.63) is 18.3 Å². The zero-order valence-corrected chi connectivity index (χ0v) is 10.3. The summed E-state index contributed by atoms with van der Waals surface area (Å²) in [6.45, 7) is 0.976. The summed E-state index contributed by atoms with van der Waals surface area (Å²) in [6, 6.07) is 3.62. The predicted octanol–water partition coefficient (Wildman–Crippen LogP) is 1.39. The summed E-state index contributed by atoms with van der Waals surface area (Å²) < 4.78 is 10.2. The number of nitrogens with one attached hydrogen (secondary N) is 2. The van der Waals surface area contributed by atoms with E-state index in [-0.39, 0.29) is 6.03 Å². The normalized spacial score (nSPS) is 14.1. The maximum atomic E-state index is 11.5. The van der Waals surface area contributed by atoms with Gasteiger partial charge >= 0.3 is 6.03 Å². The molecule has 0 aromatic carbocycles. The van der Waals surface area contributed by atoms with Crippen molar-refractivity contribution in [2.45, 2.75) is 18.9 Å². The molecule has 1 saturated carbocycles. The smallest absolute Gasteiger partial charge is 0.319 e. The molecule has 2 amide bonds. The number of rotatable bonds is 6. The average molecular weight is 251 g/mol. The lowest BCUT2D eigenvalue weighted by atomic mass is 10.4. The number of anilines is 1. The third-order valence-corrected chi connectivity index (χ3v) is 2.44. The second-order valence-electron chi connectivity index (χ2n) is 4.10. The van der Waals surface area contributed by atoms with Crippen LogP contribution in [0.25, 0.3) is 0 Å². The fourth-order valence-corrected chi connectivity index (χ4v) is 1.35. The monoisotopic (exact) mass is 251 g/mol. The van der Waals surface area contributed by atoms with Gasteiger partial charge in [-0.05, 0) is 18.9 Å². The van der Waals surface area contributed by atoms with Gasteiger partial charge in [-0.15, -0.1) is 0 Å². The van der Waals surface area contributed by atoms with Crippen LogP contribution in [0.2, 0.25) is 0 Å². The van der Waals surface area contributed by atoms with Crippen LogP contribution in [0.15, 0.2) is 18.3 Å². The van der Waals surface area contributed by atoms with Crippen molar-refractivity contribution in [3.63, 3.8) is 0 Å². The average Bonchev–Trinajstić information content (AvgIpc) is 3.15. The van der Waals surface area contributed by atoms with Crippen LogP contribution in [0, 0.1) is 0 Å². The number of nitrogens with zero attached hydrogens (tertiary/aromatic N) is 1. The van der Waals surface area contributed by atoms with Gasteiger partial charge in [0.1, 0.15) is 6.61 Å². The summed E-state index contributed by atoms with van der Waals surface area (Å²) in [5, 5.41) is 5.55. The van der Waals surface area contributed by atoms with Gasteiger partial charge in [-0.2, -0.15) is 0 Å². The number of pyridine rings is 1. The second kappa shape index (κ2) is 6.20. The van der Waals surface area contributed by atoms with Gasteiger partial charge in [0.25, 0.3) is 0 Å². The molecular weight excluding hydrogens is 234 g/mol. The summed E-state index contributed by atoms with van der Waals surface area (Å²) in [4.78, 5) is 15.5. The molecule has 18 heavy (non-hydrogen) atoms. The van der Waals surface area contributed by atoms with Crippen molar-refractivity contribution >= 4 is 11.7 Å². The van der Waals surface area contributed by atoms with Gasteiger partial charge in [-0.25, -0.2) is 9.78 Å². The third-order valence-electron chi connectivity index (χ3n) is 2.44. The molecule has 2 N–H and O–H groups in total. The highest BCUT2D eigenvalue weighted by atomic mass is 16.5. The van der Waals surface area contributed by atoms with Gasteiger partial charge in [0, 0.05) is 19.2 Å². The van der Waals surface area contributed by atoms with Crippen LogP contribution in [0.1, 0.15) is 12.8 Å². The van der Waals surface area contributed by atoms with E-state index in [2.05, 4.69) is 15.6 Å². The molecule has 1 fully saturated rings. The highest BCUT2D eigenvalue weighted by Gasteiger charge is 2.23. The Bertz CT molecular complexity index is 390. The summed E-state index contributed by atoms with van der Waals surface area (Å²) in [5.74, 6) is 0.514. The molecule has 0 saturated heterocycles. The number of urea groups is 1. The van der Waals surface area contributed by atoms with E-state index in [1.807, 2.05) is 0 Å². The Morgan fingerprint density at radius 1 is 1.44 bits per heavy atom. The van der Waals surface area contributed by atoms with Crippen LogP contribution < -0.4 is 15.4 Å². The van der Waals surface area contributed by atoms with Gasteiger partial charge in [0.2, 0.25) is 5.88 Å². The van der Waals surface area contributed by atoms with Crippen LogP contribution >= 0.6 is 0 Å². The number of hydrogen-bond acceptors (Lipinski definition) is 4. The molecule has 0 bridgehead atoms. The lowest BCUT2D eigenvalue weighted by Gasteiger charge is -2.07. The van der Waals surface area contributed by atoms with Crippen molar-refractivity contribution in [1.29, 1.82) is 0 Å². The quantitative estimate of drug-likeness (QED) is 0.749. The number of aromatic nitrogens is 1. The Hall–Kier alpha value is -1.82. The Kier molecular flexibility index (Phi) is 4.35. The fraction of sp³-hybridized carbons (Fsp3) is 0.500. The maximum Gasteiger partial charge on any atom is 0.319 e. The maximum absolute atomic E-state index is 11.5. The van der Waals surface area contributed by atoms with Gasteiger partial charge in [-0.1, -0.05) is 0 Å².